The van der Waals surface area contributed by atoms with Crippen molar-refractivity contribution >= 4 is 71.6 Å². The summed E-state index contributed by atoms with van der Waals surface area (Å²) in [5.74, 6) is 0. The van der Waals surface area contributed by atoms with E-state index >= 15 is 0 Å². The lowest BCUT2D eigenvalue weighted by atomic mass is 9.86. The van der Waals surface area contributed by atoms with Crippen molar-refractivity contribution < 1.29 is 0 Å². The van der Waals surface area contributed by atoms with E-state index < -0.39 is 7.53 Å². The predicted octanol–water partition coefficient (Wildman–Crippen LogP) is 13.9. The first-order chi connectivity index (χ1) is 23.3. The van der Waals surface area contributed by atoms with Crippen LogP contribution >= 0.6 is 7.53 Å². The van der Waals surface area contributed by atoms with Crippen LogP contribution < -0.4 is 0 Å². The maximum Gasteiger partial charge on any atom is 0.00687 e. The van der Waals surface area contributed by atoms with Crippen molar-refractivity contribution in [2.45, 2.75) is 0 Å². The van der Waals surface area contributed by atoms with Crippen molar-refractivity contribution in [2.75, 3.05) is 0 Å². The third-order valence-electron chi connectivity index (χ3n) is 9.94. The van der Waals surface area contributed by atoms with Gasteiger partial charge < -0.3 is 0 Å². The molecule has 1 atom stereocenters. The fraction of sp³-hybridized carbons (Fsp3) is 0. The van der Waals surface area contributed by atoms with Gasteiger partial charge in [0.15, 0.2) is 0 Å². The van der Waals surface area contributed by atoms with Crippen LogP contribution in [0.2, 0.25) is 0 Å². The van der Waals surface area contributed by atoms with Gasteiger partial charge in [0.05, 0.1) is 0 Å². The standard InChI is InChI=1S/C46H29P/c1-2-15-33(16-3-1)47-44-24-11-10-20-38(44)43-27-31(25-26-45(43)47)41-28-32-29-42(35-23-12-14-30-13-4-5-17-34(30)35)37-19-7-9-22-40(37)46(32)39-21-8-6-18-36(39)41/h1-29H. The highest BCUT2D eigenvalue weighted by atomic mass is 31.1. The van der Waals surface area contributed by atoms with Crippen molar-refractivity contribution in [3.05, 3.63) is 176 Å². The number of hydrogen-bond acceptors (Lipinski definition) is 0. The first kappa shape index (κ1) is 26.5. The number of fused-ring (bicyclic) bond motifs is 9. The molecule has 218 valence electrons. The van der Waals surface area contributed by atoms with E-state index in [-0.39, 0.29) is 0 Å². The highest BCUT2D eigenvalue weighted by Crippen LogP contribution is 2.55. The molecule has 0 N–H and O–H groups in total. The molecule has 0 saturated heterocycles. The Morgan fingerprint density at radius 3 is 1.66 bits per heavy atom. The zero-order chi connectivity index (χ0) is 30.9. The minimum absolute atomic E-state index is 0.581. The van der Waals surface area contributed by atoms with Gasteiger partial charge in [-0.2, -0.15) is 0 Å². The number of benzene rings is 9. The fourth-order valence-corrected chi connectivity index (χ4v) is 10.5. The van der Waals surface area contributed by atoms with E-state index in [0.29, 0.717) is 0 Å². The highest BCUT2D eigenvalue weighted by molar-refractivity contribution is 7.67. The zero-order valence-electron chi connectivity index (χ0n) is 25.7. The first-order valence-electron chi connectivity index (χ1n) is 16.3. The predicted molar refractivity (Wildman–Crippen MR) is 206 cm³/mol. The fourth-order valence-electron chi connectivity index (χ4n) is 7.90. The second-order valence-electron chi connectivity index (χ2n) is 12.5. The van der Waals surface area contributed by atoms with Gasteiger partial charge in [0.25, 0.3) is 0 Å². The summed E-state index contributed by atoms with van der Waals surface area (Å²) in [6, 6.07) is 65.5. The van der Waals surface area contributed by atoms with Gasteiger partial charge in [0.2, 0.25) is 0 Å². The summed E-state index contributed by atoms with van der Waals surface area (Å²) in [5, 5.41) is 17.4. The summed E-state index contributed by atoms with van der Waals surface area (Å²) in [6.45, 7) is 0. The van der Waals surface area contributed by atoms with E-state index in [1.807, 2.05) is 0 Å². The Bertz CT molecular complexity index is 2830. The van der Waals surface area contributed by atoms with Gasteiger partial charge in [0, 0.05) is 10.2 Å². The minimum Gasteiger partial charge on any atom is -0.0772 e. The molecule has 0 aliphatic carbocycles. The van der Waals surface area contributed by atoms with Crippen molar-refractivity contribution in [3.63, 3.8) is 0 Å². The second kappa shape index (κ2) is 10.4. The Morgan fingerprint density at radius 2 is 0.872 bits per heavy atom. The Morgan fingerprint density at radius 1 is 0.298 bits per heavy atom. The normalized spacial score (nSPS) is 12.2. The molecule has 0 amide bonds. The largest absolute Gasteiger partial charge is 0.0772 e. The van der Waals surface area contributed by atoms with Gasteiger partial charge in [-0.15, -0.1) is 0 Å². The van der Waals surface area contributed by atoms with Gasteiger partial charge in [-0.3, -0.25) is 0 Å². The van der Waals surface area contributed by atoms with Gasteiger partial charge >= 0.3 is 0 Å². The first-order valence-corrected chi connectivity index (χ1v) is 17.6. The molecule has 1 heteroatoms. The van der Waals surface area contributed by atoms with Gasteiger partial charge in [-0.25, -0.2) is 0 Å². The molecular formula is C46H29P. The van der Waals surface area contributed by atoms with Gasteiger partial charge in [-0.05, 0) is 106 Å². The number of rotatable bonds is 3. The second-order valence-corrected chi connectivity index (χ2v) is 14.6. The maximum atomic E-state index is 2.46. The number of hydrogen-bond donors (Lipinski definition) is 0. The molecule has 1 heterocycles. The molecule has 0 bridgehead atoms. The van der Waals surface area contributed by atoms with E-state index in [9.17, 15) is 0 Å². The van der Waals surface area contributed by atoms with Crippen LogP contribution in [0, 0.1) is 0 Å². The summed E-state index contributed by atoms with van der Waals surface area (Å²) in [7, 11) is -0.581. The topological polar surface area (TPSA) is 0 Å². The molecule has 0 fully saturated rings. The van der Waals surface area contributed by atoms with E-state index in [4.69, 9.17) is 0 Å². The van der Waals surface area contributed by atoms with Crippen LogP contribution in [0.1, 0.15) is 0 Å². The molecule has 0 aliphatic rings. The minimum atomic E-state index is -0.581. The van der Waals surface area contributed by atoms with E-state index in [2.05, 4.69) is 176 Å². The molecule has 0 aliphatic heterocycles. The van der Waals surface area contributed by atoms with E-state index in [0.717, 1.165) is 0 Å². The molecule has 0 spiro atoms. The van der Waals surface area contributed by atoms with Crippen LogP contribution in [0.25, 0.3) is 91.7 Å². The van der Waals surface area contributed by atoms with Crippen LogP contribution in [0.3, 0.4) is 0 Å². The molecule has 0 radical (unpaired) electrons. The van der Waals surface area contributed by atoms with Crippen molar-refractivity contribution in [1.82, 2.24) is 0 Å². The monoisotopic (exact) mass is 612 g/mol. The Balaban J connectivity index is 1.29. The summed E-state index contributed by atoms with van der Waals surface area (Å²) in [6.07, 6.45) is 0. The quantitative estimate of drug-likeness (QED) is 0.174. The lowest BCUT2D eigenvalue weighted by molar-refractivity contribution is 1.70. The Labute approximate surface area is 274 Å². The molecule has 0 saturated carbocycles. The smallest absolute Gasteiger partial charge is 0.00687 e. The molecule has 1 aromatic heterocycles. The van der Waals surface area contributed by atoms with Gasteiger partial charge in [0.1, 0.15) is 0 Å². The van der Waals surface area contributed by atoms with Crippen LogP contribution in [0.5, 0.6) is 0 Å². The average molecular weight is 613 g/mol. The van der Waals surface area contributed by atoms with Gasteiger partial charge in [-0.1, -0.05) is 159 Å². The molecule has 10 aromatic rings. The van der Waals surface area contributed by atoms with Crippen molar-refractivity contribution in [3.8, 4) is 27.6 Å². The maximum absolute atomic E-state index is 2.46. The van der Waals surface area contributed by atoms with Crippen LogP contribution in [0.4, 0.5) is 0 Å². The molecule has 9 aromatic carbocycles. The Hall–Kier alpha value is -5.68. The molecule has 1 unspecified atom stereocenters. The summed E-state index contributed by atoms with van der Waals surface area (Å²) >= 11 is 0. The van der Waals surface area contributed by atoms with E-state index in [1.54, 1.807) is 0 Å². The van der Waals surface area contributed by atoms with E-state index in [1.165, 1.54) is 91.7 Å². The summed E-state index contributed by atoms with van der Waals surface area (Å²) in [5.41, 5.74) is 5.10. The van der Waals surface area contributed by atoms with Crippen molar-refractivity contribution in [1.29, 1.82) is 0 Å². The molecular weight excluding hydrogens is 583 g/mol. The third-order valence-corrected chi connectivity index (χ3v) is 12.5. The highest BCUT2D eigenvalue weighted by Gasteiger charge is 2.18. The van der Waals surface area contributed by atoms with Crippen LogP contribution in [-0.2, 0) is 0 Å². The molecule has 0 nitrogen and oxygen atoms in total. The average Bonchev–Trinajstić information content (AvgIpc) is 3.48. The van der Waals surface area contributed by atoms with Crippen molar-refractivity contribution in [2.24, 2.45) is 0 Å². The zero-order valence-corrected chi connectivity index (χ0v) is 26.6. The third kappa shape index (κ3) is 4.02. The van der Waals surface area contributed by atoms with Crippen LogP contribution in [-0.4, -0.2) is 0 Å². The lowest BCUT2D eigenvalue weighted by Gasteiger charge is -2.17. The SMILES string of the molecule is c1ccc(-p2c3ccccc3c3cc(-c4cc5cc(-c6cccc7ccccc67)c6ccccc6c5c5ccccc45)ccc32)cc1. The molecule has 10 rings (SSSR count). The summed E-state index contributed by atoms with van der Waals surface area (Å²) < 4.78 is 0. The Kier molecular flexibility index (Phi) is 5.89. The molecule has 47 heavy (non-hydrogen) atoms. The lowest BCUT2D eigenvalue weighted by Crippen LogP contribution is -1.89. The van der Waals surface area contributed by atoms with Crippen LogP contribution in [0.15, 0.2) is 176 Å². The summed E-state index contributed by atoms with van der Waals surface area (Å²) in [4.78, 5) is 0.